The molecule has 0 aliphatic carbocycles. The summed E-state index contributed by atoms with van der Waals surface area (Å²) in [5, 5.41) is 0. The van der Waals surface area contributed by atoms with Crippen molar-refractivity contribution < 1.29 is 9.16 Å². The maximum absolute atomic E-state index is 5.54. The molecule has 0 aliphatic rings. The van der Waals surface area contributed by atoms with Crippen LogP contribution >= 0.6 is 0 Å². The van der Waals surface area contributed by atoms with Gasteiger partial charge in [-0.2, -0.15) is 0 Å². The lowest BCUT2D eigenvalue weighted by Gasteiger charge is -2.02. The molecule has 2 heteroatoms. The summed E-state index contributed by atoms with van der Waals surface area (Å²) in [6.07, 6.45) is 0.851. The van der Waals surface area contributed by atoms with Crippen LogP contribution < -0.4 is 0 Å². The van der Waals surface area contributed by atoms with Gasteiger partial charge in [-0.25, -0.2) is 0 Å². The van der Waals surface area contributed by atoms with Crippen molar-refractivity contribution in [2.24, 2.45) is 0 Å². The van der Waals surface area contributed by atoms with Gasteiger partial charge in [-0.15, -0.1) is 0 Å². The second-order valence-corrected chi connectivity index (χ2v) is 4.45. The maximum atomic E-state index is 5.54. The van der Waals surface area contributed by atoms with E-state index in [1.807, 2.05) is 44.2 Å². The molecule has 0 saturated heterocycles. The first-order chi connectivity index (χ1) is 9.20. The average molecular weight is 254 g/mol. The molecule has 0 amide bonds. The Hall–Kier alpha value is -2.09. The minimum absolute atomic E-state index is 0.527. The highest BCUT2D eigenvalue weighted by Gasteiger charge is 2.20. The Morgan fingerprint density at radius 1 is 0.842 bits per heavy atom. The Bertz CT molecular complexity index is 539. The SMILES string of the molecule is C[O+]=C(O[C](C)C)c1ccc(-c2ccccc2)cc1. The third-order valence-electron chi connectivity index (χ3n) is 2.71. The number of ether oxygens (including phenoxy) is 1. The van der Waals surface area contributed by atoms with E-state index in [0.717, 1.165) is 11.7 Å². The third kappa shape index (κ3) is 3.44. The van der Waals surface area contributed by atoms with E-state index in [-0.39, 0.29) is 0 Å². The molecule has 19 heavy (non-hydrogen) atoms. The minimum Gasteiger partial charge on any atom is -0.321 e. The van der Waals surface area contributed by atoms with Gasteiger partial charge in [-0.05, 0) is 23.3 Å². The Labute approximate surface area is 114 Å². The third-order valence-corrected chi connectivity index (χ3v) is 2.71. The Morgan fingerprint density at radius 2 is 1.42 bits per heavy atom. The van der Waals surface area contributed by atoms with E-state index < -0.39 is 0 Å². The molecule has 0 N–H and O–H groups in total. The molecule has 0 heterocycles. The number of hydrogen-bond acceptors (Lipinski definition) is 1. The van der Waals surface area contributed by atoms with Crippen molar-refractivity contribution in [2.75, 3.05) is 7.11 Å². The highest BCUT2D eigenvalue weighted by Crippen LogP contribution is 2.20. The Kier molecular flexibility index (Phi) is 4.35. The van der Waals surface area contributed by atoms with E-state index in [1.165, 1.54) is 11.1 Å². The Morgan fingerprint density at radius 3 is 1.95 bits per heavy atom. The molecular weight excluding hydrogens is 236 g/mol. The summed E-state index contributed by atoms with van der Waals surface area (Å²) in [5.74, 6) is 0.527. The van der Waals surface area contributed by atoms with Crippen LogP contribution in [0.5, 0.6) is 0 Å². The fourth-order valence-corrected chi connectivity index (χ4v) is 1.83. The zero-order valence-corrected chi connectivity index (χ0v) is 11.5. The number of benzene rings is 2. The van der Waals surface area contributed by atoms with Crippen molar-refractivity contribution in [3.8, 4) is 11.1 Å². The summed E-state index contributed by atoms with van der Waals surface area (Å²) in [4.78, 5) is 0. The molecule has 0 spiro atoms. The van der Waals surface area contributed by atoms with E-state index in [4.69, 9.17) is 9.16 Å². The summed E-state index contributed by atoms with van der Waals surface area (Å²) in [6.45, 7) is 3.80. The fraction of sp³-hybridized carbons (Fsp3) is 0.176. The van der Waals surface area contributed by atoms with Crippen molar-refractivity contribution in [2.45, 2.75) is 13.8 Å². The highest BCUT2D eigenvalue weighted by atomic mass is 16.6. The van der Waals surface area contributed by atoms with Crippen LogP contribution in [-0.2, 0) is 4.74 Å². The first kappa shape index (κ1) is 13.3. The molecule has 0 aliphatic heterocycles. The normalized spacial score (nSPS) is 11.7. The first-order valence-corrected chi connectivity index (χ1v) is 6.25. The molecule has 1 radical (unpaired) electrons. The van der Waals surface area contributed by atoms with Crippen LogP contribution in [0.15, 0.2) is 54.6 Å². The zero-order valence-electron chi connectivity index (χ0n) is 11.5. The van der Waals surface area contributed by atoms with Gasteiger partial charge in [-0.1, -0.05) is 42.5 Å². The summed E-state index contributed by atoms with van der Waals surface area (Å²) >= 11 is 0. The van der Waals surface area contributed by atoms with Crippen LogP contribution in [-0.4, -0.2) is 13.1 Å². The van der Waals surface area contributed by atoms with Gasteiger partial charge in [0.25, 0.3) is 6.10 Å². The van der Waals surface area contributed by atoms with Crippen LogP contribution in [0.3, 0.4) is 0 Å². The standard InChI is InChI=1S/C17H18O2/c1-13(2)19-17(18-3)16-11-9-15(10-12-16)14-7-5-4-6-8-14/h4-12H,1-3H3/q+1. The molecule has 97 valence electrons. The van der Waals surface area contributed by atoms with Crippen LogP contribution in [0, 0.1) is 6.10 Å². The van der Waals surface area contributed by atoms with Gasteiger partial charge in [0.1, 0.15) is 5.56 Å². The van der Waals surface area contributed by atoms with Crippen LogP contribution in [0.2, 0.25) is 0 Å². The number of hydrogen-bond donors (Lipinski definition) is 0. The van der Waals surface area contributed by atoms with Gasteiger partial charge in [-0.3, -0.25) is 0 Å². The lowest BCUT2D eigenvalue weighted by molar-refractivity contribution is -0.240. The number of carbonyl (C=O) groups excluding carboxylic acids is 1. The molecule has 2 aromatic rings. The first-order valence-electron chi connectivity index (χ1n) is 6.25. The van der Waals surface area contributed by atoms with Crippen LogP contribution in [0.4, 0.5) is 0 Å². The van der Waals surface area contributed by atoms with Crippen molar-refractivity contribution in [1.82, 2.24) is 0 Å². The van der Waals surface area contributed by atoms with Crippen molar-refractivity contribution >= 4 is 5.97 Å². The summed E-state index contributed by atoms with van der Waals surface area (Å²) in [6, 6.07) is 18.4. The Balaban J connectivity index is 2.23. The lowest BCUT2D eigenvalue weighted by Crippen LogP contribution is -2.08. The van der Waals surface area contributed by atoms with E-state index in [2.05, 4.69) is 24.3 Å². The second kappa shape index (κ2) is 6.19. The van der Waals surface area contributed by atoms with Gasteiger partial charge in [0.2, 0.25) is 0 Å². The van der Waals surface area contributed by atoms with E-state index in [0.29, 0.717) is 5.97 Å². The number of esters is 1. The van der Waals surface area contributed by atoms with E-state index in [9.17, 15) is 0 Å². The highest BCUT2D eigenvalue weighted by molar-refractivity contribution is 5.90. The molecule has 0 atom stereocenters. The molecule has 2 rings (SSSR count). The summed E-state index contributed by atoms with van der Waals surface area (Å²) < 4.78 is 10.8. The summed E-state index contributed by atoms with van der Waals surface area (Å²) in [7, 11) is 1.61. The molecule has 2 aromatic carbocycles. The smallest absolute Gasteiger partial charge is 0.321 e. The molecule has 2 nitrogen and oxygen atoms in total. The van der Waals surface area contributed by atoms with E-state index >= 15 is 0 Å². The maximum Gasteiger partial charge on any atom is 0.520 e. The fourth-order valence-electron chi connectivity index (χ4n) is 1.83. The van der Waals surface area contributed by atoms with Crippen molar-refractivity contribution in [3.05, 3.63) is 66.3 Å². The van der Waals surface area contributed by atoms with Crippen LogP contribution in [0.1, 0.15) is 23.8 Å². The van der Waals surface area contributed by atoms with Gasteiger partial charge in [0, 0.05) is 13.8 Å². The second-order valence-electron chi connectivity index (χ2n) is 4.45. The largest absolute Gasteiger partial charge is 0.520 e. The van der Waals surface area contributed by atoms with Gasteiger partial charge < -0.3 is 9.16 Å². The topological polar surface area (TPSA) is 20.5 Å². The van der Waals surface area contributed by atoms with Crippen molar-refractivity contribution in [3.63, 3.8) is 0 Å². The zero-order chi connectivity index (χ0) is 13.7. The molecule has 0 aromatic heterocycles. The van der Waals surface area contributed by atoms with Gasteiger partial charge in [0.05, 0.1) is 0 Å². The predicted molar refractivity (Wildman–Crippen MR) is 77.8 cm³/mol. The molecule has 0 saturated carbocycles. The quantitative estimate of drug-likeness (QED) is 0.592. The average Bonchev–Trinajstić information content (AvgIpc) is 2.46. The molecule has 0 bridgehead atoms. The predicted octanol–water partition coefficient (Wildman–Crippen LogP) is 4.25. The lowest BCUT2D eigenvalue weighted by atomic mass is 10.0. The van der Waals surface area contributed by atoms with Gasteiger partial charge >= 0.3 is 5.97 Å². The monoisotopic (exact) mass is 254 g/mol. The van der Waals surface area contributed by atoms with Crippen molar-refractivity contribution in [1.29, 1.82) is 0 Å². The van der Waals surface area contributed by atoms with E-state index in [1.54, 1.807) is 7.11 Å². The van der Waals surface area contributed by atoms with Gasteiger partial charge in [0.15, 0.2) is 7.11 Å². The molecule has 0 fully saturated rings. The minimum atomic E-state index is 0.527. The molecular formula is C17H18O2+. The van der Waals surface area contributed by atoms with Crippen LogP contribution in [0.25, 0.3) is 11.1 Å². The summed E-state index contributed by atoms with van der Waals surface area (Å²) in [5.41, 5.74) is 3.31. The number of rotatable bonds is 3. The molecule has 0 unspecified atom stereocenters.